The Bertz CT molecular complexity index is 474. The van der Waals surface area contributed by atoms with Crippen molar-refractivity contribution in [2.45, 2.75) is 25.0 Å². The smallest absolute Gasteiger partial charge is 0.325 e. The molecule has 1 saturated heterocycles. The van der Waals surface area contributed by atoms with Crippen molar-refractivity contribution in [1.82, 2.24) is 5.32 Å². The minimum Gasteiger partial charge on any atom is -0.496 e. The van der Waals surface area contributed by atoms with E-state index in [1.165, 1.54) is 7.11 Å². The summed E-state index contributed by atoms with van der Waals surface area (Å²) in [5.74, 6) is -0.529. The lowest BCUT2D eigenvalue weighted by Crippen LogP contribution is -2.34. The van der Waals surface area contributed by atoms with Crippen molar-refractivity contribution in [3.63, 3.8) is 0 Å². The largest absolute Gasteiger partial charge is 0.496 e. The van der Waals surface area contributed by atoms with Crippen LogP contribution in [-0.2, 0) is 9.53 Å². The maximum Gasteiger partial charge on any atom is 0.325 e. The molecule has 0 radical (unpaired) electrons. The molecule has 2 rings (SSSR count). The summed E-state index contributed by atoms with van der Waals surface area (Å²) in [4.78, 5) is 11.5. The Morgan fingerprint density at radius 1 is 1.65 bits per heavy atom. The molecule has 2 N–H and O–H groups in total. The third-order valence-corrected chi connectivity index (χ3v) is 3.67. The van der Waals surface area contributed by atoms with Gasteiger partial charge in [0.1, 0.15) is 11.8 Å². The number of ether oxygens (including phenoxy) is 2. The summed E-state index contributed by atoms with van der Waals surface area (Å²) in [6, 6.07) is 4.17. The number of hydrogen-bond donors (Lipinski definition) is 2. The van der Waals surface area contributed by atoms with Gasteiger partial charge in [-0.2, -0.15) is 0 Å². The first-order chi connectivity index (χ1) is 9.63. The molecule has 0 amide bonds. The lowest BCUT2D eigenvalue weighted by Gasteiger charge is -2.20. The van der Waals surface area contributed by atoms with Gasteiger partial charge in [0.05, 0.1) is 13.2 Å². The lowest BCUT2D eigenvalue weighted by molar-refractivity contribution is -0.139. The quantitative estimate of drug-likeness (QED) is 0.843. The number of carboxylic acid groups (broad SMARTS) is 1. The zero-order valence-corrected chi connectivity index (χ0v) is 12.0. The average Bonchev–Trinajstić information content (AvgIpc) is 2.93. The van der Waals surface area contributed by atoms with E-state index in [0.717, 1.165) is 19.4 Å². The van der Waals surface area contributed by atoms with Gasteiger partial charge in [-0.05, 0) is 25.0 Å². The summed E-state index contributed by atoms with van der Waals surface area (Å²) in [5.41, 5.74) is 0.446. The van der Waals surface area contributed by atoms with E-state index in [1.807, 2.05) is 0 Å². The second-order valence-corrected chi connectivity index (χ2v) is 5.08. The van der Waals surface area contributed by atoms with E-state index in [0.29, 0.717) is 22.9 Å². The Morgan fingerprint density at radius 3 is 3.05 bits per heavy atom. The summed E-state index contributed by atoms with van der Waals surface area (Å²) in [5, 5.41) is 12.8. The van der Waals surface area contributed by atoms with Crippen molar-refractivity contribution >= 4 is 17.6 Å². The van der Waals surface area contributed by atoms with Crippen LogP contribution in [0.4, 0.5) is 0 Å². The molecule has 0 spiro atoms. The number of halogens is 1. The summed E-state index contributed by atoms with van der Waals surface area (Å²) in [6.07, 6.45) is 2.02. The van der Waals surface area contributed by atoms with Crippen LogP contribution in [0.3, 0.4) is 0 Å². The van der Waals surface area contributed by atoms with E-state index >= 15 is 0 Å². The first-order valence-corrected chi connectivity index (χ1v) is 6.91. The third-order valence-electron chi connectivity index (χ3n) is 3.34. The molecule has 0 aromatic heterocycles. The molecule has 20 heavy (non-hydrogen) atoms. The monoisotopic (exact) mass is 299 g/mol. The molecule has 110 valence electrons. The minimum absolute atomic E-state index is 0.0605. The van der Waals surface area contributed by atoms with Crippen molar-refractivity contribution in [2.75, 3.05) is 20.3 Å². The Kier molecular flexibility index (Phi) is 5.23. The van der Waals surface area contributed by atoms with E-state index in [1.54, 1.807) is 18.2 Å². The van der Waals surface area contributed by atoms with Gasteiger partial charge in [0, 0.05) is 23.7 Å². The zero-order valence-electron chi connectivity index (χ0n) is 11.3. The Balaban J connectivity index is 2.17. The van der Waals surface area contributed by atoms with Crippen LogP contribution >= 0.6 is 11.6 Å². The van der Waals surface area contributed by atoms with Gasteiger partial charge in [-0.3, -0.25) is 10.1 Å². The predicted molar refractivity (Wildman–Crippen MR) is 75.4 cm³/mol. The highest BCUT2D eigenvalue weighted by atomic mass is 35.5. The molecule has 1 aromatic rings. The Hall–Kier alpha value is -1.30. The molecular formula is C14H18ClNO4. The standard InChI is InChI=1S/C14H18ClNO4/c1-19-11-6-2-5-10(15)12(11)13(14(17)18)16-8-9-4-3-7-20-9/h2,5-6,9,13,16H,3-4,7-8H2,1H3,(H,17,18). The van der Waals surface area contributed by atoms with Crippen LogP contribution in [-0.4, -0.2) is 37.4 Å². The topological polar surface area (TPSA) is 67.8 Å². The summed E-state index contributed by atoms with van der Waals surface area (Å²) in [7, 11) is 1.49. The molecule has 5 nitrogen and oxygen atoms in total. The second-order valence-electron chi connectivity index (χ2n) is 4.67. The third kappa shape index (κ3) is 3.42. The van der Waals surface area contributed by atoms with Crippen LogP contribution in [0.5, 0.6) is 5.75 Å². The van der Waals surface area contributed by atoms with Gasteiger partial charge in [-0.25, -0.2) is 0 Å². The zero-order chi connectivity index (χ0) is 14.5. The number of carbonyl (C=O) groups is 1. The molecule has 1 heterocycles. The maximum atomic E-state index is 11.5. The molecule has 2 unspecified atom stereocenters. The Morgan fingerprint density at radius 2 is 2.45 bits per heavy atom. The number of carboxylic acids is 1. The highest BCUT2D eigenvalue weighted by Gasteiger charge is 2.27. The van der Waals surface area contributed by atoms with Crippen molar-refractivity contribution in [2.24, 2.45) is 0 Å². The van der Waals surface area contributed by atoms with Gasteiger partial charge < -0.3 is 14.6 Å². The van der Waals surface area contributed by atoms with Crippen LogP contribution in [0.1, 0.15) is 24.4 Å². The molecule has 0 saturated carbocycles. The number of aliphatic carboxylic acids is 1. The molecular weight excluding hydrogens is 282 g/mol. The van der Waals surface area contributed by atoms with E-state index < -0.39 is 12.0 Å². The number of benzene rings is 1. The lowest BCUT2D eigenvalue weighted by atomic mass is 10.0. The van der Waals surface area contributed by atoms with Gasteiger partial charge in [-0.1, -0.05) is 17.7 Å². The molecule has 0 bridgehead atoms. The van der Waals surface area contributed by atoms with E-state index in [2.05, 4.69) is 5.32 Å². The number of nitrogens with one attached hydrogen (secondary N) is 1. The van der Waals surface area contributed by atoms with Gasteiger partial charge in [0.25, 0.3) is 0 Å². The highest BCUT2D eigenvalue weighted by Crippen LogP contribution is 2.32. The predicted octanol–water partition coefficient (Wildman–Crippen LogP) is 2.24. The summed E-state index contributed by atoms with van der Waals surface area (Å²) in [6.45, 7) is 1.21. The highest BCUT2D eigenvalue weighted by molar-refractivity contribution is 6.31. The van der Waals surface area contributed by atoms with E-state index in [-0.39, 0.29) is 6.10 Å². The van der Waals surface area contributed by atoms with E-state index in [4.69, 9.17) is 21.1 Å². The van der Waals surface area contributed by atoms with Crippen molar-refractivity contribution < 1.29 is 19.4 Å². The van der Waals surface area contributed by atoms with Gasteiger partial charge >= 0.3 is 5.97 Å². The molecule has 6 heteroatoms. The first kappa shape index (κ1) is 15.1. The number of hydrogen-bond acceptors (Lipinski definition) is 4. The SMILES string of the molecule is COc1cccc(Cl)c1C(NCC1CCCO1)C(=O)O. The molecule has 0 aliphatic carbocycles. The van der Waals surface area contributed by atoms with Gasteiger partial charge in [-0.15, -0.1) is 0 Å². The molecule has 1 fully saturated rings. The molecule has 1 aliphatic heterocycles. The van der Waals surface area contributed by atoms with Crippen LogP contribution in [0.25, 0.3) is 0 Å². The normalized spacial score (nSPS) is 19.8. The number of rotatable bonds is 6. The van der Waals surface area contributed by atoms with Crippen molar-refractivity contribution in [3.8, 4) is 5.75 Å². The average molecular weight is 300 g/mol. The van der Waals surface area contributed by atoms with Gasteiger partial charge in [0.2, 0.25) is 0 Å². The fraction of sp³-hybridized carbons (Fsp3) is 0.500. The first-order valence-electron chi connectivity index (χ1n) is 6.53. The molecule has 1 aromatic carbocycles. The number of methoxy groups -OCH3 is 1. The fourth-order valence-electron chi connectivity index (χ4n) is 2.34. The Labute approximate surface area is 122 Å². The summed E-state index contributed by atoms with van der Waals surface area (Å²) >= 11 is 6.13. The van der Waals surface area contributed by atoms with Crippen LogP contribution in [0, 0.1) is 0 Å². The summed E-state index contributed by atoms with van der Waals surface area (Å²) < 4.78 is 10.7. The van der Waals surface area contributed by atoms with Crippen LogP contribution in [0.15, 0.2) is 18.2 Å². The van der Waals surface area contributed by atoms with Gasteiger partial charge in [0.15, 0.2) is 0 Å². The van der Waals surface area contributed by atoms with Crippen molar-refractivity contribution in [3.05, 3.63) is 28.8 Å². The van der Waals surface area contributed by atoms with E-state index in [9.17, 15) is 9.90 Å². The maximum absolute atomic E-state index is 11.5. The fourth-order valence-corrected chi connectivity index (χ4v) is 2.62. The van der Waals surface area contributed by atoms with Crippen LogP contribution in [0.2, 0.25) is 5.02 Å². The molecule has 2 atom stereocenters. The van der Waals surface area contributed by atoms with Crippen LogP contribution < -0.4 is 10.1 Å². The molecule has 1 aliphatic rings. The minimum atomic E-state index is -0.991. The van der Waals surface area contributed by atoms with Crippen molar-refractivity contribution in [1.29, 1.82) is 0 Å². The second kappa shape index (κ2) is 6.92.